The Morgan fingerprint density at radius 3 is 2.46 bits per heavy atom. The monoisotopic (exact) mass is 382 g/mol. The Morgan fingerprint density at radius 1 is 1.04 bits per heavy atom. The first kappa shape index (κ1) is 19.5. The van der Waals surface area contributed by atoms with Crippen LogP contribution in [-0.4, -0.2) is 33.2 Å². The number of hydrogen-bond donors (Lipinski definition) is 3. The van der Waals surface area contributed by atoms with Crippen molar-refractivity contribution in [2.45, 2.75) is 38.2 Å². The molecule has 146 valence electrons. The van der Waals surface area contributed by atoms with Crippen LogP contribution in [0.2, 0.25) is 0 Å². The summed E-state index contributed by atoms with van der Waals surface area (Å²) in [6, 6.07) is 8.98. The molecule has 0 aliphatic heterocycles. The van der Waals surface area contributed by atoms with Crippen molar-refractivity contribution in [1.29, 1.82) is 0 Å². The summed E-state index contributed by atoms with van der Waals surface area (Å²) in [5.41, 5.74) is 0.844. The Kier molecular flexibility index (Phi) is 5.99. The van der Waals surface area contributed by atoms with E-state index in [0.29, 0.717) is 11.3 Å². The van der Waals surface area contributed by atoms with Crippen molar-refractivity contribution in [1.82, 2.24) is 0 Å². The van der Waals surface area contributed by atoms with Crippen LogP contribution in [0.1, 0.15) is 47.2 Å². The molecule has 0 atom stereocenters. The predicted octanol–water partition coefficient (Wildman–Crippen LogP) is 3.83. The number of phenols is 2. The lowest BCUT2D eigenvalue weighted by atomic mass is 9.98. The number of aromatic hydroxyl groups is 2. The van der Waals surface area contributed by atoms with Crippen molar-refractivity contribution in [2.75, 3.05) is 0 Å². The zero-order valence-corrected chi connectivity index (χ0v) is 15.3. The van der Waals surface area contributed by atoms with Crippen LogP contribution in [0, 0.1) is 0 Å². The Bertz CT molecular complexity index is 909. The van der Waals surface area contributed by atoms with Gasteiger partial charge in [0.2, 0.25) is 0 Å². The number of carboxylic acids is 1. The van der Waals surface area contributed by atoms with Crippen LogP contribution >= 0.6 is 0 Å². The maximum Gasteiger partial charge on any atom is 0.327 e. The molecule has 2 aromatic rings. The summed E-state index contributed by atoms with van der Waals surface area (Å²) < 4.78 is 5.84. The van der Waals surface area contributed by atoms with Gasteiger partial charge in [-0.15, -0.1) is 0 Å². The van der Waals surface area contributed by atoms with E-state index < -0.39 is 11.8 Å². The molecule has 1 saturated carbocycles. The first-order valence-electron chi connectivity index (χ1n) is 9.20. The fourth-order valence-electron chi connectivity index (χ4n) is 3.31. The normalized spacial score (nSPS) is 14.4. The number of phenolic OH excluding ortho intramolecular Hbond substituents is 2. The highest BCUT2D eigenvalue weighted by Gasteiger charge is 2.19. The van der Waals surface area contributed by atoms with Gasteiger partial charge >= 0.3 is 5.97 Å². The average molecular weight is 382 g/mol. The van der Waals surface area contributed by atoms with Gasteiger partial charge < -0.3 is 20.1 Å². The highest BCUT2D eigenvalue weighted by atomic mass is 16.5. The molecule has 28 heavy (non-hydrogen) atoms. The van der Waals surface area contributed by atoms with Crippen molar-refractivity contribution in [2.24, 2.45) is 0 Å². The molecule has 2 aromatic carbocycles. The minimum atomic E-state index is -1.09. The third kappa shape index (κ3) is 4.71. The van der Waals surface area contributed by atoms with Crippen LogP contribution in [0.5, 0.6) is 17.2 Å². The summed E-state index contributed by atoms with van der Waals surface area (Å²) in [6.45, 7) is 0. The van der Waals surface area contributed by atoms with Gasteiger partial charge in [0.15, 0.2) is 5.78 Å². The van der Waals surface area contributed by atoms with E-state index in [0.717, 1.165) is 31.8 Å². The van der Waals surface area contributed by atoms with E-state index >= 15 is 0 Å². The fraction of sp³-hybridized carbons (Fsp3) is 0.273. The maximum atomic E-state index is 12.8. The van der Waals surface area contributed by atoms with Gasteiger partial charge in [0.25, 0.3) is 0 Å². The van der Waals surface area contributed by atoms with E-state index in [1.165, 1.54) is 36.4 Å². The van der Waals surface area contributed by atoms with E-state index in [-0.39, 0.29) is 35.2 Å². The first-order valence-corrected chi connectivity index (χ1v) is 9.20. The largest absolute Gasteiger partial charge is 0.508 e. The number of ketones is 1. The van der Waals surface area contributed by atoms with Gasteiger partial charge in [-0.25, -0.2) is 4.79 Å². The number of rotatable bonds is 7. The molecule has 6 heteroatoms. The lowest BCUT2D eigenvalue weighted by Gasteiger charge is -2.14. The second-order valence-electron chi connectivity index (χ2n) is 6.82. The summed E-state index contributed by atoms with van der Waals surface area (Å²) in [4.78, 5) is 23.3. The SMILES string of the molecule is O=C(O)/C=C/Cc1cc(C(=O)c2ccc(OC3CCCC3)cc2O)ccc1O. The molecule has 1 aliphatic carbocycles. The molecule has 0 aromatic heterocycles. The summed E-state index contributed by atoms with van der Waals surface area (Å²) >= 11 is 0. The Balaban J connectivity index is 1.78. The Labute approximate surface area is 162 Å². The van der Waals surface area contributed by atoms with E-state index in [4.69, 9.17) is 9.84 Å². The maximum absolute atomic E-state index is 12.8. The van der Waals surface area contributed by atoms with Gasteiger partial charge in [0.1, 0.15) is 17.2 Å². The molecule has 1 aliphatic rings. The zero-order valence-electron chi connectivity index (χ0n) is 15.3. The van der Waals surface area contributed by atoms with Gasteiger partial charge in [-0.1, -0.05) is 6.08 Å². The number of ether oxygens (including phenoxy) is 1. The van der Waals surface area contributed by atoms with Crippen LogP contribution in [0.4, 0.5) is 0 Å². The van der Waals surface area contributed by atoms with Crippen LogP contribution in [-0.2, 0) is 11.2 Å². The molecule has 0 bridgehead atoms. The Hall–Kier alpha value is -3.28. The van der Waals surface area contributed by atoms with Gasteiger partial charge in [0, 0.05) is 17.7 Å². The van der Waals surface area contributed by atoms with Gasteiger partial charge in [-0.3, -0.25) is 4.79 Å². The highest BCUT2D eigenvalue weighted by Crippen LogP contribution is 2.30. The summed E-state index contributed by atoms with van der Waals surface area (Å²) in [5, 5.41) is 28.9. The molecule has 3 rings (SSSR count). The molecule has 0 saturated heterocycles. The standard InChI is InChI=1S/C22H22O6/c23-19-11-8-15(12-14(19)4-3-7-21(25)26)22(27)18-10-9-17(13-20(18)24)28-16-5-1-2-6-16/h3,7-13,16,23-24H,1-2,4-6H2,(H,25,26)/b7-3+. The molecule has 1 fully saturated rings. The minimum Gasteiger partial charge on any atom is -0.508 e. The van der Waals surface area contributed by atoms with E-state index in [2.05, 4.69) is 0 Å². The molecule has 6 nitrogen and oxygen atoms in total. The average Bonchev–Trinajstić information content (AvgIpc) is 3.15. The van der Waals surface area contributed by atoms with E-state index in [1.807, 2.05) is 0 Å². The summed E-state index contributed by atoms with van der Waals surface area (Å²) in [5.74, 6) is -1.15. The predicted molar refractivity (Wildman–Crippen MR) is 103 cm³/mol. The van der Waals surface area contributed by atoms with Gasteiger partial charge in [-0.2, -0.15) is 0 Å². The second-order valence-corrected chi connectivity index (χ2v) is 6.82. The van der Waals surface area contributed by atoms with Crippen molar-refractivity contribution in [3.8, 4) is 17.2 Å². The zero-order chi connectivity index (χ0) is 20.1. The third-order valence-electron chi connectivity index (χ3n) is 4.76. The van der Waals surface area contributed by atoms with Crippen molar-refractivity contribution < 1.29 is 29.6 Å². The van der Waals surface area contributed by atoms with Crippen LogP contribution < -0.4 is 4.74 Å². The second kappa shape index (κ2) is 8.61. The molecule has 0 heterocycles. The molecule has 0 spiro atoms. The Morgan fingerprint density at radius 2 is 1.79 bits per heavy atom. The molecule has 0 radical (unpaired) electrons. The lowest BCUT2D eigenvalue weighted by Crippen LogP contribution is -2.11. The lowest BCUT2D eigenvalue weighted by molar-refractivity contribution is -0.131. The third-order valence-corrected chi connectivity index (χ3v) is 4.76. The minimum absolute atomic E-state index is 0.0314. The molecule has 0 unspecified atom stereocenters. The van der Waals surface area contributed by atoms with Crippen LogP contribution in [0.3, 0.4) is 0 Å². The number of aliphatic carboxylic acids is 1. The molecular weight excluding hydrogens is 360 g/mol. The number of hydrogen-bond acceptors (Lipinski definition) is 5. The fourth-order valence-corrected chi connectivity index (χ4v) is 3.31. The van der Waals surface area contributed by atoms with Gasteiger partial charge in [0.05, 0.1) is 11.7 Å². The first-order chi connectivity index (χ1) is 13.4. The molecular formula is C22H22O6. The van der Waals surface area contributed by atoms with Crippen molar-refractivity contribution in [3.05, 3.63) is 65.2 Å². The number of carbonyl (C=O) groups excluding carboxylic acids is 1. The summed E-state index contributed by atoms with van der Waals surface area (Å²) in [7, 11) is 0. The number of carboxylic acid groups (broad SMARTS) is 1. The number of allylic oxidation sites excluding steroid dienone is 1. The van der Waals surface area contributed by atoms with Crippen molar-refractivity contribution >= 4 is 11.8 Å². The van der Waals surface area contributed by atoms with Crippen molar-refractivity contribution in [3.63, 3.8) is 0 Å². The smallest absolute Gasteiger partial charge is 0.327 e. The quantitative estimate of drug-likeness (QED) is 0.497. The van der Waals surface area contributed by atoms with Crippen LogP contribution in [0.15, 0.2) is 48.6 Å². The molecule has 0 amide bonds. The number of carbonyl (C=O) groups is 2. The van der Waals surface area contributed by atoms with Crippen LogP contribution in [0.25, 0.3) is 0 Å². The van der Waals surface area contributed by atoms with Gasteiger partial charge in [-0.05, 0) is 68.0 Å². The summed E-state index contributed by atoms with van der Waals surface area (Å²) in [6.07, 6.45) is 6.94. The van der Waals surface area contributed by atoms with E-state index in [9.17, 15) is 19.8 Å². The number of benzene rings is 2. The topological polar surface area (TPSA) is 104 Å². The van der Waals surface area contributed by atoms with E-state index in [1.54, 1.807) is 6.07 Å². The molecule has 3 N–H and O–H groups in total. The highest BCUT2D eigenvalue weighted by molar-refractivity contribution is 6.10.